The van der Waals surface area contributed by atoms with E-state index in [-0.39, 0.29) is 47.5 Å². The van der Waals surface area contributed by atoms with Gasteiger partial charge in [-0.25, -0.2) is 4.98 Å². The minimum Gasteiger partial charge on any atom is -0.481 e. The van der Waals surface area contributed by atoms with Gasteiger partial charge in [0.05, 0.1) is 19.8 Å². The van der Waals surface area contributed by atoms with Crippen LogP contribution in [0, 0.1) is 23.7 Å². The van der Waals surface area contributed by atoms with Crippen molar-refractivity contribution in [3.63, 3.8) is 0 Å². The molecule has 12 heteroatoms. The molecule has 0 unspecified atom stereocenters. The topological polar surface area (TPSA) is 154 Å². The van der Waals surface area contributed by atoms with Crippen molar-refractivity contribution in [1.82, 2.24) is 19.4 Å². The van der Waals surface area contributed by atoms with Crippen molar-refractivity contribution in [2.45, 2.75) is 51.5 Å². The second kappa shape index (κ2) is 13.1. The van der Waals surface area contributed by atoms with Crippen LogP contribution in [0.4, 0.5) is 0 Å². The molecule has 246 valence electrons. The lowest BCUT2D eigenvalue weighted by atomic mass is 9.91. The summed E-state index contributed by atoms with van der Waals surface area (Å²) in [5.74, 6) is 1.10. The summed E-state index contributed by atoms with van der Waals surface area (Å²) in [6.07, 6.45) is 3.24. The number of ether oxygens (including phenoxy) is 2. The van der Waals surface area contributed by atoms with E-state index < -0.39 is 0 Å². The zero-order valence-electron chi connectivity index (χ0n) is 26.7. The number of nitrogens with one attached hydrogen (secondary N) is 1. The molecule has 1 fully saturated rings. The van der Waals surface area contributed by atoms with Gasteiger partial charge in [0, 0.05) is 43.5 Å². The van der Waals surface area contributed by atoms with Crippen molar-refractivity contribution in [2.24, 2.45) is 0 Å². The molecule has 3 N–H and O–H groups in total. The largest absolute Gasteiger partial charge is 0.481 e. The van der Waals surface area contributed by atoms with Crippen LogP contribution in [0.5, 0.6) is 11.8 Å². The van der Waals surface area contributed by atoms with Crippen LogP contribution in [-0.2, 0) is 19.5 Å². The summed E-state index contributed by atoms with van der Waals surface area (Å²) in [7, 11) is 1.58. The summed E-state index contributed by atoms with van der Waals surface area (Å²) in [4.78, 5) is 11.5. The monoisotopic (exact) mass is 666 g/mol. The first-order valence-electron chi connectivity index (χ1n) is 15.9. The van der Waals surface area contributed by atoms with Crippen molar-refractivity contribution in [3.8, 4) is 40.4 Å². The molecule has 7 rings (SSSR count). The van der Waals surface area contributed by atoms with Crippen LogP contribution in [0.15, 0.2) is 53.1 Å². The number of hydrogen-bond acceptors (Lipinski definition) is 10. The molecular formula is C36H35ClN6O5. The number of fused-ring (bicyclic) bond motifs is 2. The van der Waals surface area contributed by atoms with E-state index in [0.717, 1.165) is 59.2 Å². The van der Waals surface area contributed by atoms with Gasteiger partial charge in [-0.05, 0) is 66.1 Å². The molecule has 48 heavy (non-hydrogen) atoms. The first kappa shape index (κ1) is 31.8. The Kier molecular flexibility index (Phi) is 8.66. The molecule has 2 atom stereocenters. The molecule has 0 radical (unpaired) electrons. The summed E-state index contributed by atoms with van der Waals surface area (Å²) < 4.78 is 19.7. The molecule has 3 aromatic heterocycles. The molecule has 0 spiro atoms. The summed E-state index contributed by atoms with van der Waals surface area (Å²) in [6, 6.07) is 16.1. The van der Waals surface area contributed by atoms with Gasteiger partial charge in [-0.3, -0.25) is 10.3 Å². The van der Waals surface area contributed by atoms with Crippen molar-refractivity contribution >= 4 is 22.7 Å². The van der Waals surface area contributed by atoms with Gasteiger partial charge in [-0.1, -0.05) is 41.9 Å². The standard InChI is InChI=1S/C36H35ClN6O5/c1-20-24(5-3-6-25(20)35-40-31-32(48-35)22(16-38)18-43(13-14-44)33(31)39)26-7-4-8-28-27(26)9-10-30(28)47-36-29(37)15-21(34(41-36)46-2)17-42-12-11-23(45)19-42/h3-8,15,18,23,30,39,44-45H,9-14,17,19H2,1-2H3/t23-,30+/m1/s1. The van der Waals surface area contributed by atoms with Crippen LogP contribution in [-0.4, -0.2) is 62.6 Å². The second-order valence-electron chi connectivity index (χ2n) is 12.2. The number of methoxy groups -OCH3 is 1. The van der Waals surface area contributed by atoms with Crippen LogP contribution < -0.4 is 15.0 Å². The molecular weight excluding hydrogens is 632 g/mol. The third kappa shape index (κ3) is 5.71. The fourth-order valence-electron chi connectivity index (χ4n) is 6.91. The average Bonchev–Trinajstić information content (AvgIpc) is 3.83. The lowest BCUT2D eigenvalue weighted by Crippen LogP contribution is -2.22. The molecule has 0 bridgehead atoms. The number of β-amino-alcohol motifs (C(OH)–C–C–N with tert-alkyl or cyclic N) is 1. The van der Waals surface area contributed by atoms with Crippen LogP contribution in [0.2, 0.25) is 5.02 Å². The zero-order chi connectivity index (χ0) is 33.5. The molecule has 2 aromatic carbocycles. The van der Waals surface area contributed by atoms with E-state index in [1.54, 1.807) is 7.11 Å². The smallest absolute Gasteiger partial charge is 0.236 e. The fraction of sp³-hybridized carbons (Fsp3) is 0.333. The Morgan fingerprint density at radius 2 is 1.92 bits per heavy atom. The summed E-state index contributed by atoms with van der Waals surface area (Å²) in [5, 5.41) is 38.1. The molecule has 0 saturated carbocycles. The van der Waals surface area contributed by atoms with E-state index in [4.69, 9.17) is 30.9 Å². The fourth-order valence-corrected chi connectivity index (χ4v) is 7.12. The Morgan fingerprint density at radius 3 is 2.67 bits per heavy atom. The number of hydrogen-bond donors (Lipinski definition) is 3. The first-order valence-corrected chi connectivity index (χ1v) is 16.3. The zero-order valence-corrected chi connectivity index (χ0v) is 27.4. The number of oxazole rings is 1. The maximum absolute atomic E-state index is 9.93. The van der Waals surface area contributed by atoms with Gasteiger partial charge in [0.25, 0.3) is 0 Å². The summed E-state index contributed by atoms with van der Waals surface area (Å²) in [5.41, 5.74) is 7.75. The van der Waals surface area contributed by atoms with E-state index in [1.165, 1.54) is 16.3 Å². The molecule has 11 nitrogen and oxygen atoms in total. The highest BCUT2D eigenvalue weighted by Gasteiger charge is 2.30. The lowest BCUT2D eigenvalue weighted by Gasteiger charge is -2.20. The number of nitriles is 1. The number of aliphatic hydroxyl groups excluding tert-OH is 2. The van der Waals surface area contributed by atoms with Crippen LogP contribution in [0.1, 0.15) is 46.8 Å². The minimum absolute atomic E-state index is 0.0714. The molecule has 0 amide bonds. The maximum atomic E-state index is 9.93. The van der Waals surface area contributed by atoms with Crippen LogP contribution in [0.3, 0.4) is 0 Å². The second-order valence-corrected chi connectivity index (χ2v) is 12.6. The van der Waals surface area contributed by atoms with E-state index in [2.05, 4.69) is 39.1 Å². The van der Waals surface area contributed by atoms with Gasteiger partial charge in [0.1, 0.15) is 22.8 Å². The van der Waals surface area contributed by atoms with Gasteiger partial charge >= 0.3 is 0 Å². The Morgan fingerprint density at radius 1 is 1.12 bits per heavy atom. The third-order valence-corrected chi connectivity index (χ3v) is 9.54. The predicted octanol–water partition coefficient (Wildman–Crippen LogP) is 5.31. The van der Waals surface area contributed by atoms with E-state index >= 15 is 0 Å². The number of nitrogens with zero attached hydrogens (tertiary/aromatic N) is 5. The number of benzene rings is 2. The van der Waals surface area contributed by atoms with Gasteiger partial charge in [-0.15, -0.1) is 0 Å². The SMILES string of the molecule is COc1nc(O[C@H]2CCc3c(-c4cccc(-c5nc6c(=N)n(CCO)cc(C#N)c6o5)c4C)cccc32)c(Cl)cc1CN1CC[C@@H](O)C1. The first-order chi connectivity index (χ1) is 23.3. The van der Waals surface area contributed by atoms with Crippen molar-refractivity contribution < 1.29 is 24.1 Å². The van der Waals surface area contributed by atoms with Gasteiger partial charge in [0.15, 0.2) is 16.6 Å². The van der Waals surface area contributed by atoms with Crippen molar-refractivity contribution in [3.05, 3.63) is 87.0 Å². The van der Waals surface area contributed by atoms with Crippen molar-refractivity contribution in [1.29, 1.82) is 10.7 Å². The molecule has 1 aliphatic heterocycles. The maximum Gasteiger partial charge on any atom is 0.236 e. The van der Waals surface area contributed by atoms with Gasteiger partial charge in [-0.2, -0.15) is 10.2 Å². The molecule has 5 aromatic rings. The molecule has 1 saturated heterocycles. The van der Waals surface area contributed by atoms with E-state index in [1.807, 2.05) is 31.2 Å². The number of aromatic nitrogens is 3. The van der Waals surface area contributed by atoms with Gasteiger partial charge < -0.3 is 28.7 Å². The van der Waals surface area contributed by atoms with Crippen molar-refractivity contribution in [2.75, 3.05) is 26.8 Å². The van der Waals surface area contributed by atoms with Gasteiger partial charge in [0.2, 0.25) is 17.7 Å². The number of halogens is 1. The highest BCUT2D eigenvalue weighted by Crippen LogP contribution is 2.43. The van der Waals surface area contributed by atoms with E-state index in [0.29, 0.717) is 35.8 Å². The van der Waals surface area contributed by atoms with Crippen LogP contribution in [0.25, 0.3) is 33.7 Å². The quantitative estimate of drug-likeness (QED) is 0.190. The minimum atomic E-state index is -0.317. The molecule has 1 aliphatic carbocycles. The Labute approximate surface area is 282 Å². The number of aliphatic hydroxyl groups is 2. The summed E-state index contributed by atoms with van der Waals surface area (Å²) >= 11 is 6.72. The molecule has 4 heterocycles. The number of pyridine rings is 2. The lowest BCUT2D eigenvalue weighted by molar-refractivity contribution is 0.174. The Balaban J connectivity index is 1.19. The normalized spacial score (nSPS) is 17.5. The predicted molar refractivity (Wildman–Crippen MR) is 179 cm³/mol. The highest BCUT2D eigenvalue weighted by atomic mass is 35.5. The number of rotatable bonds is 9. The van der Waals surface area contributed by atoms with E-state index in [9.17, 15) is 15.5 Å². The Bertz CT molecular complexity index is 2140. The van der Waals surface area contributed by atoms with Crippen LogP contribution >= 0.6 is 11.6 Å². The average molecular weight is 667 g/mol. The highest BCUT2D eigenvalue weighted by molar-refractivity contribution is 6.31. The Hall–Kier alpha value is -4.73. The number of likely N-dealkylation sites (tertiary alicyclic amines) is 1. The third-order valence-electron chi connectivity index (χ3n) is 9.27. The molecule has 2 aliphatic rings. The summed E-state index contributed by atoms with van der Waals surface area (Å²) in [6.45, 7) is 4.02.